The van der Waals surface area contributed by atoms with Gasteiger partial charge in [-0.25, -0.2) is 0 Å². The molecular weight excluding hydrogens is 214 g/mol. The number of hydrogen-bond acceptors (Lipinski definition) is 3. The number of nitrogens with zero attached hydrogens (tertiary/aromatic N) is 1. The molecule has 2 unspecified atom stereocenters. The van der Waals surface area contributed by atoms with Crippen LogP contribution in [0.5, 0.6) is 0 Å². The molecule has 4 heteroatoms. The van der Waals surface area contributed by atoms with Crippen molar-refractivity contribution >= 4 is 5.91 Å². The minimum absolute atomic E-state index is 0.125. The molecule has 4 nitrogen and oxygen atoms in total. The smallest absolute Gasteiger partial charge is 0.233 e. The quantitative estimate of drug-likeness (QED) is 0.728. The number of amides is 1. The Kier molecular flexibility index (Phi) is 6.52. The molecule has 2 N–H and O–H groups in total. The lowest BCUT2D eigenvalue weighted by molar-refractivity contribution is -0.122. The van der Waals surface area contributed by atoms with Crippen LogP contribution in [0.3, 0.4) is 0 Å². The van der Waals surface area contributed by atoms with Gasteiger partial charge in [0.1, 0.15) is 0 Å². The topological polar surface area (TPSA) is 44.4 Å². The number of likely N-dealkylation sites (N-methyl/N-ethyl adjacent to an activating group) is 1. The first-order valence-electron chi connectivity index (χ1n) is 6.87. The van der Waals surface area contributed by atoms with Crippen molar-refractivity contribution in [3.63, 3.8) is 0 Å². The maximum absolute atomic E-state index is 11.5. The summed E-state index contributed by atoms with van der Waals surface area (Å²) >= 11 is 0. The largest absolute Gasteiger partial charge is 0.358 e. The van der Waals surface area contributed by atoms with Crippen LogP contribution in [0.4, 0.5) is 0 Å². The van der Waals surface area contributed by atoms with Gasteiger partial charge in [0.2, 0.25) is 5.91 Å². The van der Waals surface area contributed by atoms with Crippen molar-refractivity contribution in [1.82, 2.24) is 15.5 Å². The molecule has 1 aliphatic rings. The molecule has 0 aromatic rings. The van der Waals surface area contributed by atoms with Gasteiger partial charge in [0, 0.05) is 19.1 Å². The molecule has 2 atom stereocenters. The molecule has 17 heavy (non-hydrogen) atoms. The minimum atomic E-state index is 0.125. The third kappa shape index (κ3) is 4.64. The van der Waals surface area contributed by atoms with E-state index < -0.39 is 0 Å². The molecular formula is C13H27N3O. The summed E-state index contributed by atoms with van der Waals surface area (Å²) in [5.74, 6) is 0.125. The van der Waals surface area contributed by atoms with E-state index in [1.807, 2.05) is 0 Å². The summed E-state index contributed by atoms with van der Waals surface area (Å²) < 4.78 is 0. The van der Waals surface area contributed by atoms with Crippen molar-refractivity contribution in [3.8, 4) is 0 Å². The van der Waals surface area contributed by atoms with Crippen LogP contribution in [-0.4, -0.2) is 49.6 Å². The molecule has 1 aliphatic heterocycles. The van der Waals surface area contributed by atoms with Gasteiger partial charge in [-0.15, -0.1) is 0 Å². The van der Waals surface area contributed by atoms with Gasteiger partial charge in [-0.3, -0.25) is 9.69 Å². The molecule has 1 saturated heterocycles. The van der Waals surface area contributed by atoms with E-state index in [4.69, 9.17) is 0 Å². The van der Waals surface area contributed by atoms with Crippen molar-refractivity contribution in [2.45, 2.75) is 51.6 Å². The van der Waals surface area contributed by atoms with Gasteiger partial charge in [-0.05, 0) is 39.3 Å². The van der Waals surface area contributed by atoms with Crippen LogP contribution >= 0.6 is 0 Å². The van der Waals surface area contributed by atoms with Gasteiger partial charge in [0.25, 0.3) is 0 Å². The van der Waals surface area contributed by atoms with Crippen molar-refractivity contribution in [1.29, 1.82) is 0 Å². The Morgan fingerprint density at radius 3 is 2.88 bits per heavy atom. The zero-order valence-corrected chi connectivity index (χ0v) is 11.5. The van der Waals surface area contributed by atoms with Crippen LogP contribution in [0.25, 0.3) is 0 Å². The number of likely N-dealkylation sites (tertiary alicyclic amines) is 1. The first-order chi connectivity index (χ1) is 8.19. The van der Waals surface area contributed by atoms with Gasteiger partial charge in [0.05, 0.1) is 6.54 Å². The van der Waals surface area contributed by atoms with E-state index >= 15 is 0 Å². The Hall–Kier alpha value is -0.610. The molecule has 0 aromatic carbocycles. The van der Waals surface area contributed by atoms with Crippen LogP contribution in [0, 0.1) is 0 Å². The summed E-state index contributed by atoms with van der Waals surface area (Å²) in [6.07, 6.45) is 4.86. The summed E-state index contributed by atoms with van der Waals surface area (Å²) in [5.41, 5.74) is 0. The highest BCUT2D eigenvalue weighted by molar-refractivity contribution is 5.77. The van der Waals surface area contributed by atoms with Crippen molar-refractivity contribution in [3.05, 3.63) is 0 Å². The molecule has 0 aliphatic carbocycles. The highest BCUT2D eigenvalue weighted by Crippen LogP contribution is 2.19. The molecule has 0 aromatic heterocycles. The normalized spacial score (nSPS) is 23.4. The third-order valence-electron chi connectivity index (χ3n) is 3.58. The predicted molar refractivity (Wildman–Crippen MR) is 71.0 cm³/mol. The van der Waals surface area contributed by atoms with Crippen LogP contribution < -0.4 is 10.6 Å². The molecule has 100 valence electrons. The van der Waals surface area contributed by atoms with Crippen LogP contribution in [0.15, 0.2) is 0 Å². The second kappa shape index (κ2) is 7.67. The first kappa shape index (κ1) is 14.5. The molecule has 0 bridgehead atoms. The second-order valence-electron chi connectivity index (χ2n) is 4.95. The lowest BCUT2D eigenvalue weighted by atomic mass is 9.96. The maximum Gasteiger partial charge on any atom is 0.233 e. The summed E-state index contributed by atoms with van der Waals surface area (Å²) in [4.78, 5) is 13.8. The SMILES string of the molecule is CCCNC(C)C1CCCCN1CC(=O)NC. The number of rotatable bonds is 6. The average Bonchev–Trinajstić information content (AvgIpc) is 2.36. The lowest BCUT2D eigenvalue weighted by Crippen LogP contribution is -2.53. The number of carbonyl (C=O) groups is 1. The summed E-state index contributed by atoms with van der Waals surface area (Å²) in [6.45, 7) is 7.08. The van der Waals surface area contributed by atoms with E-state index in [2.05, 4.69) is 29.4 Å². The molecule has 0 spiro atoms. The van der Waals surface area contributed by atoms with Crippen molar-refractivity contribution in [2.75, 3.05) is 26.7 Å². The van der Waals surface area contributed by atoms with Gasteiger partial charge in [-0.1, -0.05) is 13.3 Å². The van der Waals surface area contributed by atoms with Crippen LogP contribution in [0.2, 0.25) is 0 Å². The van der Waals surface area contributed by atoms with E-state index in [9.17, 15) is 4.79 Å². The number of piperidine rings is 1. The molecule has 0 saturated carbocycles. The van der Waals surface area contributed by atoms with Gasteiger partial charge >= 0.3 is 0 Å². The average molecular weight is 241 g/mol. The lowest BCUT2D eigenvalue weighted by Gasteiger charge is -2.39. The highest BCUT2D eigenvalue weighted by Gasteiger charge is 2.27. The van der Waals surface area contributed by atoms with Gasteiger partial charge < -0.3 is 10.6 Å². The first-order valence-corrected chi connectivity index (χ1v) is 6.87. The Morgan fingerprint density at radius 1 is 1.47 bits per heavy atom. The standard InChI is InChI=1S/C13H27N3O/c1-4-8-15-11(2)12-7-5-6-9-16(12)10-13(17)14-3/h11-12,15H,4-10H2,1-3H3,(H,14,17). The van der Waals surface area contributed by atoms with Crippen molar-refractivity contribution in [2.24, 2.45) is 0 Å². The Balaban J connectivity index is 2.49. The fraction of sp³-hybridized carbons (Fsp3) is 0.923. The number of carbonyl (C=O) groups excluding carboxylic acids is 1. The number of nitrogens with one attached hydrogen (secondary N) is 2. The van der Waals surface area contributed by atoms with Gasteiger partial charge in [0.15, 0.2) is 0 Å². The zero-order chi connectivity index (χ0) is 12.7. The van der Waals surface area contributed by atoms with E-state index in [1.165, 1.54) is 19.3 Å². The minimum Gasteiger partial charge on any atom is -0.358 e. The van der Waals surface area contributed by atoms with Crippen molar-refractivity contribution < 1.29 is 4.79 Å². The Morgan fingerprint density at radius 2 is 2.24 bits per heavy atom. The van der Waals surface area contributed by atoms with E-state index in [0.29, 0.717) is 18.6 Å². The summed E-state index contributed by atoms with van der Waals surface area (Å²) in [5, 5.41) is 6.26. The summed E-state index contributed by atoms with van der Waals surface area (Å²) in [7, 11) is 1.71. The van der Waals surface area contributed by atoms with Gasteiger partial charge in [-0.2, -0.15) is 0 Å². The fourth-order valence-electron chi connectivity index (χ4n) is 2.55. The van der Waals surface area contributed by atoms with E-state index in [-0.39, 0.29) is 5.91 Å². The molecule has 1 amide bonds. The maximum atomic E-state index is 11.5. The fourth-order valence-corrected chi connectivity index (χ4v) is 2.55. The molecule has 1 heterocycles. The number of hydrogen-bond donors (Lipinski definition) is 2. The van der Waals surface area contributed by atoms with E-state index in [1.54, 1.807) is 7.05 Å². The monoisotopic (exact) mass is 241 g/mol. The molecule has 1 rings (SSSR count). The highest BCUT2D eigenvalue weighted by atomic mass is 16.1. The van der Waals surface area contributed by atoms with E-state index in [0.717, 1.165) is 19.5 Å². The Labute approximate surface area is 105 Å². The summed E-state index contributed by atoms with van der Waals surface area (Å²) in [6, 6.07) is 0.979. The second-order valence-corrected chi connectivity index (χ2v) is 4.95. The Bertz CT molecular complexity index is 233. The molecule has 0 radical (unpaired) electrons. The third-order valence-corrected chi connectivity index (χ3v) is 3.58. The zero-order valence-electron chi connectivity index (χ0n) is 11.5. The predicted octanol–water partition coefficient (Wildman–Crippen LogP) is 0.975. The molecule has 1 fully saturated rings. The van der Waals surface area contributed by atoms with Crippen LogP contribution in [-0.2, 0) is 4.79 Å². The van der Waals surface area contributed by atoms with Crippen LogP contribution in [0.1, 0.15) is 39.5 Å².